The van der Waals surface area contributed by atoms with Gasteiger partial charge in [-0.3, -0.25) is 4.79 Å². The van der Waals surface area contributed by atoms with Gasteiger partial charge < -0.3 is 10.2 Å². The number of anilines is 2. The molecule has 0 aliphatic carbocycles. The number of benzene rings is 1. The number of amides is 1. The van der Waals surface area contributed by atoms with Crippen molar-refractivity contribution in [1.29, 1.82) is 0 Å². The highest BCUT2D eigenvalue weighted by Gasteiger charge is 2.17. The molecule has 20 heavy (non-hydrogen) atoms. The third-order valence-electron chi connectivity index (χ3n) is 3.25. The van der Waals surface area contributed by atoms with E-state index in [0.717, 1.165) is 37.7 Å². The third-order valence-corrected chi connectivity index (χ3v) is 3.72. The molecule has 104 valence electrons. The molecule has 1 fully saturated rings. The Balaban J connectivity index is 1.75. The van der Waals surface area contributed by atoms with E-state index in [0.29, 0.717) is 11.4 Å². The Morgan fingerprint density at radius 3 is 2.80 bits per heavy atom. The van der Waals surface area contributed by atoms with Crippen molar-refractivity contribution in [2.75, 3.05) is 23.3 Å². The average molecular weight is 292 g/mol. The Labute approximate surface area is 119 Å². The summed E-state index contributed by atoms with van der Waals surface area (Å²) in [7, 11) is 0. The number of nitrogens with zero attached hydrogens (tertiary/aromatic N) is 3. The molecule has 1 saturated heterocycles. The first-order chi connectivity index (χ1) is 9.74. The predicted octanol–water partition coefficient (Wildman–Crippen LogP) is 2.53. The van der Waals surface area contributed by atoms with Crippen molar-refractivity contribution < 1.29 is 9.18 Å². The number of carbonyl (C=O) groups is 1. The summed E-state index contributed by atoms with van der Waals surface area (Å²) in [4.78, 5) is 13.8. The monoisotopic (exact) mass is 292 g/mol. The van der Waals surface area contributed by atoms with Crippen LogP contribution in [0.1, 0.15) is 23.3 Å². The molecular weight excluding hydrogens is 279 g/mol. The molecule has 0 radical (unpaired) electrons. The molecule has 1 aromatic heterocycles. The number of halogens is 1. The van der Waals surface area contributed by atoms with E-state index in [9.17, 15) is 9.18 Å². The van der Waals surface area contributed by atoms with E-state index in [1.54, 1.807) is 12.1 Å². The van der Waals surface area contributed by atoms with Gasteiger partial charge in [-0.25, -0.2) is 4.39 Å². The number of nitrogens with one attached hydrogen (secondary N) is 1. The van der Waals surface area contributed by atoms with Crippen LogP contribution in [-0.4, -0.2) is 27.7 Å². The molecule has 1 aliphatic heterocycles. The Kier molecular flexibility index (Phi) is 3.60. The van der Waals surface area contributed by atoms with Crippen LogP contribution in [-0.2, 0) is 0 Å². The molecule has 0 unspecified atom stereocenters. The lowest BCUT2D eigenvalue weighted by atomic mass is 10.2. The fourth-order valence-electron chi connectivity index (χ4n) is 2.26. The lowest BCUT2D eigenvalue weighted by molar-refractivity contribution is 0.102. The lowest BCUT2D eigenvalue weighted by Crippen LogP contribution is -2.19. The zero-order valence-corrected chi connectivity index (χ0v) is 11.5. The van der Waals surface area contributed by atoms with Gasteiger partial charge in [-0.15, -0.1) is 0 Å². The first kappa shape index (κ1) is 13.0. The first-order valence-corrected chi connectivity index (χ1v) is 7.10. The van der Waals surface area contributed by atoms with Crippen LogP contribution in [0.3, 0.4) is 0 Å². The van der Waals surface area contributed by atoms with Crippen molar-refractivity contribution in [3.8, 4) is 0 Å². The summed E-state index contributed by atoms with van der Waals surface area (Å²) < 4.78 is 21.7. The van der Waals surface area contributed by atoms with Gasteiger partial charge in [0.2, 0.25) is 0 Å². The summed E-state index contributed by atoms with van der Waals surface area (Å²) in [5.41, 5.74) is 1.25. The molecule has 7 heteroatoms. The van der Waals surface area contributed by atoms with E-state index in [2.05, 4.69) is 14.1 Å². The van der Waals surface area contributed by atoms with Gasteiger partial charge in [-0.05, 0) is 31.0 Å². The van der Waals surface area contributed by atoms with E-state index in [1.807, 2.05) is 4.90 Å². The Hall–Kier alpha value is -2.02. The van der Waals surface area contributed by atoms with Gasteiger partial charge in [0, 0.05) is 18.8 Å². The summed E-state index contributed by atoms with van der Waals surface area (Å²) in [6.07, 6.45) is 3.57. The van der Waals surface area contributed by atoms with Crippen LogP contribution in [0.15, 0.2) is 24.4 Å². The van der Waals surface area contributed by atoms with Crippen molar-refractivity contribution in [3.05, 3.63) is 35.9 Å². The zero-order valence-electron chi connectivity index (χ0n) is 10.7. The van der Waals surface area contributed by atoms with Crippen LogP contribution in [0.4, 0.5) is 15.8 Å². The van der Waals surface area contributed by atoms with E-state index in [1.165, 1.54) is 12.3 Å². The molecule has 1 aliphatic rings. The van der Waals surface area contributed by atoms with Crippen molar-refractivity contribution in [3.63, 3.8) is 0 Å². The predicted molar refractivity (Wildman–Crippen MR) is 75.7 cm³/mol. The van der Waals surface area contributed by atoms with Crippen molar-refractivity contribution in [2.24, 2.45) is 0 Å². The summed E-state index contributed by atoms with van der Waals surface area (Å²) in [6, 6.07) is 4.75. The molecule has 2 heterocycles. The van der Waals surface area contributed by atoms with Crippen LogP contribution in [0.25, 0.3) is 0 Å². The largest absolute Gasteiger partial charge is 0.369 e. The number of rotatable bonds is 3. The maximum atomic E-state index is 14.1. The quantitative estimate of drug-likeness (QED) is 0.944. The molecule has 3 rings (SSSR count). The Bertz CT molecular complexity index is 611. The number of aromatic nitrogens is 2. The third kappa shape index (κ3) is 2.62. The maximum absolute atomic E-state index is 14.1. The maximum Gasteiger partial charge on any atom is 0.277 e. The van der Waals surface area contributed by atoms with Gasteiger partial charge in [0.15, 0.2) is 5.69 Å². The fourth-order valence-corrected chi connectivity index (χ4v) is 2.67. The molecule has 1 N–H and O–H groups in total. The number of hydrogen-bond donors (Lipinski definition) is 1. The van der Waals surface area contributed by atoms with Gasteiger partial charge in [-0.2, -0.15) is 8.75 Å². The second kappa shape index (κ2) is 5.54. The van der Waals surface area contributed by atoms with Crippen LogP contribution >= 0.6 is 11.7 Å². The first-order valence-electron chi connectivity index (χ1n) is 6.37. The average Bonchev–Trinajstić information content (AvgIpc) is 3.12. The zero-order chi connectivity index (χ0) is 13.9. The number of carbonyl (C=O) groups excluding carboxylic acids is 1. The normalized spacial score (nSPS) is 14.6. The van der Waals surface area contributed by atoms with E-state index in [-0.39, 0.29) is 17.4 Å². The van der Waals surface area contributed by atoms with Crippen LogP contribution in [0.2, 0.25) is 0 Å². The van der Waals surface area contributed by atoms with E-state index >= 15 is 0 Å². The van der Waals surface area contributed by atoms with Crippen LogP contribution in [0.5, 0.6) is 0 Å². The topological polar surface area (TPSA) is 58.1 Å². The lowest BCUT2D eigenvalue weighted by Gasteiger charge is -2.18. The van der Waals surface area contributed by atoms with Gasteiger partial charge in [0.1, 0.15) is 5.82 Å². The second-order valence-electron chi connectivity index (χ2n) is 4.61. The van der Waals surface area contributed by atoms with Crippen LogP contribution in [0, 0.1) is 5.82 Å². The van der Waals surface area contributed by atoms with E-state index in [4.69, 9.17) is 0 Å². The van der Waals surface area contributed by atoms with Gasteiger partial charge in [-0.1, -0.05) is 0 Å². The molecule has 1 aromatic carbocycles. The minimum Gasteiger partial charge on any atom is -0.369 e. The van der Waals surface area contributed by atoms with Crippen LogP contribution < -0.4 is 10.2 Å². The highest BCUT2D eigenvalue weighted by molar-refractivity contribution is 6.99. The minimum absolute atomic E-state index is 0.235. The van der Waals surface area contributed by atoms with E-state index < -0.39 is 0 Å². The molecule has 0 spiro atoms. The number of hydrogen-bond acceptors (Lipinski definition) is 5. The summed E-state index contributed by atoms with van der Waals surface area (Å²) in [5, 5.41) is 2.61. The second-order valence-corrected chi connectivity index (χ2v) is 5.16. The van der Waals surface area contributed by atoms with Crippen molar-refractivity contribution in [1.82, 2.24) is 8.75 Å². The van der Waals surface area contributed by atoms with Crippen molar-refractivity contribution in [2.45, 2.75) is 12.8 Å². The molecule has 2 aromatic rings. The van der Waals surface area contributed by atoms with Gasteiger partial charge >= 0.3 is 0 Å². The summed E-state index contributed by atoms with van der Waals surface area (Å²) in [6.45, 7) is 1.76. The SMILES string of the molecule is O=C(Nc1ccc(N2CCCC2)c(F)c1)c1cnsn1. The summed E-state index contributed by atoms with van der Waals surface area (Å²) >= 11 is 0.959. The highest BCUT2D eigenvalue weighted by Crippen LogP contribution is 2.26. The minimum atomic E-state index is -0.382. The highest BCUT2D eigenvalue weighted by atomic mass is 32.1. The molecule has 0 atom stereocenters. The fraction of sp³-hybridized carbons (Fsp3) is 0.308. The van der Waals surface area contributed by atoms with Gasteiger partial charge in [0.05, 0.1) is 23.6 Å². The van der Waals surface area contributed by atoms with Gasteiger partial charge in [0.25, 0.3) is 5.91 Å². The summed E-state index contributed by atoms with van der Waals surface area (Å²) in [5.74, 6) is -0.701. The smallest absolute Gasteiger partial charge is 0.277 e. The molecule has 0 bridgehead atoms. The Morgan fingerprint density at radius 2 is 2.15 bits per heavy atom. The molecule has 1 amide bonds. The molecule has 0 saturated carbocycles. The van der Waals surface area contributed by atoms with Crippen molar-refractivity contribution >= 4 is 29.0 Å². The Morgan fingerprint density at radius 1 is 1.35 bits per heavy atom. The molecular formula is C13H13FN4OS. The standard InChI is InChI=1S/C13H13FN4OS/c14-10-7-9(16-13(19)11-8-15-20-17-11)3-4-12(10)18-5-1-2-6-18/h3-4,7-8H,1-2,5-6H2,(H,16,19). The molecule has 5 nitrogen and oxygen atoms in total.